The number of unbranched alkanes of at least 4 members (excludes halogenated alkanes) is 1. The predicted molar refractivity (Wildman–Crippen MR) is 161 cm³/mol. The molecular weight excluding hydrogens is 538 g/mol. The summed E-state index contributed by atoms with van der Waals surface area (Å²) in [4.78, 5) is 41.3. The van der Waals surface area contributed by atoms with Crippen molar-refractivity contribution in [1.29, 1.82) is 0 Å². The first-order valence-corrected chi connectivity index (χ1v) is 14.3. The van der Waals surface area contributed by atoms with E-state index >= 15 is 0 Å². The summed E-state index contributed by atoms with van der Waals surface area (Å²) in [5, 5.41) is 29.5. The molecule has 1 saturated heterocycles. The molecule has 1 aliphatic rings. The topological polar surface area (TPSA) is 200 Å². The minimum atomic E-state index is -1.37. The van der Waals surface area contributed by atoms with E-state index in [1.54, 1.807) is 19.1 Å². The number of amides is 3. The van der Waals surface area contributed by atoms with Gasteiger partial charge in [-0.15, -0.1) is 0 Å². The molecule has 1 fully saturated rings. The van der Waals surface area contributed by atoms with Gasteiger partial charge in [-0.1, -0.05) is 36.8 Å². The zero-order valence-corrected chi connectivity index (χ0v) is 24.6. The first-order valence-electron chi connectivity index (χ1n) is 14.3. The maximum absolute atomic E-state index is 13.5. The smallest absolute Gasteiger partial charge is 0.251 e. The lowest BCUT2D eigenvalue weighted by Crippen LogP contribution is -2.52. The van der Waals surface area contributed by atoms with E-state index in [1.807, 2.05) is 30.3 Å². The number of hydrazine groups is 1. The number of hydrogen-bond acceptors (Lipinski definition) is 9. The fourth-order valence-electron chi connectivity index (χ4n) is 5.25. The molecule has 12 heteroatoms. The van der Waals surface area contributed by atoms with Gasteiger partial charge in [-0.3, -0.25) is 14.4 Å². The molecule has 4 unspecified atom stereocenters. The molecule has 0 aliphatic carbocycles. The number of benzene rings is 2. The molecule has 1 aliphatic heterocycles. The molecule has 3 amide bonds. The molecule has 2 aromatic rings. The highest BCUT2D eigenvalue weighted by molar-refractivity contribution is 6.00. The molecule has 4 atom stereocenters. The van der Waals surface area contributed by atoms with Gasteiger partial charge in [0, 0.05) is 24.7 Å². The largest absolute Gasteiger partial charge is 0.403 e. The number of aliphatic hydroxyl groups excluding tert-OH is 1. The number of rotatable bonds is 13. The number of aliphatic hydroxyl groups is 2. The summed E-state index contributed by atoms with van der Waals surface area (Å²) >= 11 is 0. The number of fused-ring (bicyclic) bond motifs is 1. The van der Waals surface area contributed by atoms with E-state index in [0.717, 1.165) is 23.6 Å². The van der Waals surface area contributed by atoms with Crippen molar-refractivity contribution < 1.29 is 24.6 Å². The van der Waals surface area contributed by atoms with Crippen LogP contribution in [-0.2, 0) is 9.59 Å². The molecule has 0 radical (unpaired) electrons. The number of nitrogens with zero attached hydrogens (tertiary/aromatic N) is 2. The van der Waals surface area contributed by atoms with Crippen LogP contribution in [0.5, 0.6) is 0 Å². The highest BCUT2D eigenvalue weighted by atomic mass is 16.3. The summed E-state index contributed by atoms with van der Waals surface area (Å²) in [5.74, 6) is 5.01. The maximum atomic E-state index is 13.5. The van der Waals surface area contributed by atoms with Gasteiger partial charge in [-0.2, -0.15) is 0 Å². The Morgan fingerprint density at radius 2 is 1.86 bits per heavy atom. The number of hydrogen-bond donors (Lipinski definition) is 7. The third kappa shape index (κ3) is 8.19. The van der Waals surface area contributed by atoms with Crippen LogP contribution in [0.25, 0.3) is 10.8 Å². The molecule has 3 rings (SSSR count). The molecule has 2 aromatic carbocycles. The Hall–Kier alpha value is -3.71. The monoisotopic (exact) mass is 583 g/mol. The van der Waals surface area contributed by atoms with Crippen molar-refractivity contribution in [3.63, 3.8) is 0 Å². The van der Waals surface area contributed by atoms with E-state index in [0.29, 0.717) is 18.5 Å². The Balaban J connectivity index is 1.77. The minimum Gasteiger partial charge on any atom is -0.403 e. The van der Waals surface area contributed by atoms with Crippen LogP contribution in [0, 0.1) is 0 Å². The molecule has 0 aromatic heterocycles. The average Bonchev–Trinajstić information content (AvgIpc) is 3.40. The van der Waals surface area contributed by atoms with E-state index in [9.17, 15) is 24.6 Å². The standard InChI is InChI=1S/C30H45N7O5/c1-19(38)24(10-6-7-13-31)35-29(41)25-15-23(37(33)26(16-32)30(2,3)42)18-36(25)27(39)17-34-28(40)22-12-11-20-8-4-5-9-21(20)14-22/h4-5,8-9,11-12,14,16,19,23-25,38,42H,6-7,10,13,15,17-18,31-33H2,1-3H3,(H,34,40)(H,35,41)/b26-16-. The lowest BCUT2D eigenvalue weighted by atomic mass is 10.0. The van der Waals surface area contributed by atoms with Gasteiger partial charge in [0.1, 0.15) is 11.6 Å². The SMILES string of the molecule is CC(O)C(CCCCN)NC(=O)C1CC(N(N)/C(=C\N)C(C)(C)O)CN1C(=O)CNC(=O)c1ccc2ccccc2c1. The van der Waals surface area contributed by atoms with Gasteiger partial charge in [-0.05, 0) is 63.1 Å². The van der Waals surface area contributed by atoms with Gasteiger partial charge in [0.2, 0.25) is 11.8 Å². The van der Waals surface area contributed by atoms with Crippen LogP contribution < -0.4 is 27.9 Å². The Morgan fingerprint density at radius 1 is 1.17 bits per heavy atom. The normalized spacial score (nSPS) is 18.9. The zero-order valence-electron chi connectivity index (χ0n) is 24.6. The van der Waals surface area contributed by atoms with E-state index in [2.05, 4.69) is 10.6 Å². The lowest BCUT2D eigenvalue weighted by molar-refractivity contribution is -0.138. The van der Waals surface area contributed by atoms with Crippen LogP contribution >= 0.6 is 0 Å². The second-order valence-corrected chi connectivity index (χ2v) is 11.4. The third-order valence-corrected chi connectivity index (χ3v) is 7.65. The number of carbonyl (C=O) groups is 3. The predicted octanol–water partition coefficient (Wildman–Crippen LogP) is 0.280. The van der Waals surface area contributed by atoms with Crippen molar-refractivity contribution in [2.75, 3.05) is 19.6 Å². The summed E-state index contributed by atoms with van der Waals surface area (Å²) in [6.45, 7) is 4.88. The van der Waals surface area contributed by atoms with Crippen molar-refractivity contribution in [3.05, 3.63) is 59.9 Å². The van der Waals surface area contributed by atoms with Gasteiger partial charge < -0.3 is 42.2 Å². The van der Waals surface area contributed by atoms with Crippen LogP contribution in [-0.4, -0.2) is 87.3 Å². The highest BCUT2D eigenvalue weighted by Crippen LogP contribution is 2.27. The molecule has 0 spiro atoms. The van der Waals surface area contributed by atoms with Crippen molar-refractivity contribution in [2.45, 2.75) is 76.3 Å². The Morgan fingerprint density at radius 3 is 2.48 bits per heavy atom. The Kier molecular flexibility index (Phi) is 11.3. The van der Waals surface area contributed by atoms with Gasteiger partial charge in [0.15, 0.2) is 0 Å². The summed E-state index contributed by atoms with van der Waals surface area (Å²) in [5.41, 5.74) is 10.6. The van der Waals surface area contributed by atoms with E-state index in [4.69, 9.17) is 17.3 Å². The fourth-order valence-corrected chi connectivity index (χ4v) is 5.25. The molecule has 0 saturated carbocycles. The highest BCUT2D eigenvalue weighted by Gasteiger charge is 2.43. The van der Waals surface area contributed by atoms with E-state index in [-0.39, 0.29) is 25.2 Å². The van der Waals surface area contributed by atoms with Crippen molar-refractivity contribution in [3.8, 4) is 0 Å². The van der Waals surface area contributed by atoms with Gasteiger partial charge >= 0.3 is 0 Å². The van der Waals surface area contributed by atoms with Crippen LogP contribution in [0.3, 0.4) is 0 Å². The summed E-state index contributed by atoms with van der Waals surface area (Å²) in [6.07, 6.45) is 2.52. The molecule has 12 nitrogen and oxygen atoms in total. The summed E-state index contributed by atoms with van der Waals surface area (Å²) < 4.78 is 0. The Labute approximate surface area is 246 Å². The fraction of sp³-hybridized carbons (Fsp3) is 0.500. The quantitative estimate of drug-likeness (QED) is 0.0982. The van der Waals surface area contributed by atoms with Crippen molar-refractivity contribution in [2.24, 2.45) is 17.3 Å². The molecule has 1 heterocycles. The molecule has 10 N–H and O–H groups in total. The van der Waals surface area contributed by atoms with E-state index in [1.165, 1.54) is 30.0 Å². The number of likely N-dealkylation sites (tertiary alicyclic amines) is 1. The molecule has 0 bridgehead atoms. The van der Waals surface area contributed by atoms with E-state index < -0.39 is 47.6 Å². The molecule has 42 heavy (non-hydrogen) atoms. The average molecular weight is 584 g/mol. The minimum absolute atomic E-state index is 0.0548. The summed E-state index contributed by atoms with van der Waals surface area (Å²) in [6, 6.07) is 10.9. The number of nitrogens with one attached hydrogen (secondary N) is 2. The second-order valence-electron chi connectivity index (χ2n) is 11.4. The zero-order chi connectivity index (χ0) is 31.0. The number of carbonyl (C=O) groups excluding carboxylic acids is 3. The summed E-state index contributed by atoms with van der Waals surface area (Å²) in [7, 11) is 0. The first-order chi connectivity index (χ1) is 19.9. The maximum Gasteiger partial charge on any atom is 0.251 e. The van der Waals surface area contributed by atoms with Crippen LogP contribution in [0.4, 0.5) is 0 Å². The lowest BCUT2D eigenvalue weighted by Gasteiger charge is -2.34. The van der Waals surface area contributed by atoms with Gasteiger partial charge in [0.05, 0.1) is 30.4 Å². The van der Waals surface area contributed by atoms with Crippen molar-refractivity contribution >= 4 is 28.5 Å². The van der Waals surface area contributed by atoms with Crippen LogP contribution in [0.15, 0.2) is 54.4 Å². The Bertz CT molecular complexity index is 1280. The van der Waals surface area contributed by atoms with Crippen LogP contribution in [0.1, 0.15) is 56.8 Å². The van der Waals surface area contributed by atoms with Gasteiger partial charge in [0.25, 0.3) is 5.91 Å². The van der Waals surface area contributed by atoms with Crippen molar-refractivity contribution in [1.82, 2.24) is 20.5 Å². The van der Waals surface area contributed by atoms with Gasteiger partial charge in [-0.25, -0.2) is 5.84 Å². The first kappa shape index (κ1) is 32.8. The third-order valence-electron chi connectivity index (χ3n) is 7.65. The molecule has 230 valence electrons. The van der Waals surface area contributed by atoms with Crippen LogP contribution in [0.2, 0.25) is 0 Å². The second kappa shape index (κ2) is 14.5. The molecular formula is C30H45N7O5. The number of nitrogens with two attached hydrogens (primary N) is 3.